The zero-order valence-corrected chi connectivity index (χ0v) is 6.67. The molecule has 0 radical (unpaired) electrons. The van der Waals surface area contributed by atoms with E-state index in [1.165, 1.54) is 7.11 Å². The maximum absolute atomic E-state index is 11.2. The summed E-state index contributed by atoms with van der Waals surface area (Å²) in [5.41, 5.74) is 5.58. The highest BCUT2D eigenvalue weighted by molar-refractivity contribution is 5.81. The fraction of sp³-hybridized carbons (Fsp3) is 0.875. The lowest BCUT2D eigenvalue weighted by atomic mass is 10.0. The van der Waals surface area contributed by atoms with Crippen molar-refractivity contribution in [1.82, 2.24) is 0 Å². The summed E-state index contributed by atoms with van der Waals surface area (Å²) >= 11 is 0. The number of rotatable bonds is 1. The average molecular weight is 155 g/mol. The molecule has 0 aromatic heterocycles. The van der Waals surface area contributed by atoms with Crippen LogP contribution in [0, 0.1) is 11.3 Å². The van der Waals surface area contributed by atoms with E-state index < -0.39 is 0 Å². The summed E-state index contributed by atoms with van der Waals surface area (Å²) in [4.78, 5) is 11.2. The van der Waals surface area contributed by atoms with Crippen molar-refractivity contribution in [3.05, 3.63) is 0 Å². The highest BCUT2D eigenvalue weighted by Crippen LogP contribution is 2.63. The second-order valence-corrected chi connectivity index (χ2v) is 3.75. The van der Waals surface area contributed by atoms with Crippen LogP contribution < -0.4 is 5.73 Å². The smallest absolute Gasteiger partial charge is 0.312 e. The summed E-state index contributed by atoms with van der Waals surface area (Å²) in [5, 5.41) is 0. The Bertz CT molecular complexity index is 204. The molecule has 0 aliphatic heterocycles. The highest BCUT2D eigenvalue weighted by Gasteiger charge is 2.65. The van der Waals surface area contributed by atoms with Crippen LogP contribution in [0.1, 0.15) is 19.3 Å². The van der Waals surface area contributed by atoms with Crippen LogP contribution in [0.25, 0.3) is 0 Å². The minimum atomic E-state index is -0.145. The van der Waals surface area contributed by atoms with Gasteiger partial charge < -0.3 is 10.5 Å². The number of nitrogens with two attached hydrogens (primary N) is 1. The van der Waals surface area contributed by atoms with Gasteiger partial charge in [-0.15, -0.1) is 0 Å². The van der Waals surface area contributed by atoms with Gasteiger partial charge in [-0.3, -0.25) is 4.79 Å². The molecule has 0 amide bonds. The topological polar surface area (TPSA) is 52.3 Å². The third kappa shape index (κ3) is 0.805. The predicted molar refractivity (Wildman–Crippen MR) is 39.8 cm³/mol. The minimum Gasteiger partial charge on any atom is -0.469 e. The standard InChI is InChI=1S/C8H13NO2/c1-11-7(10)8-3-5(8)2-6(9)4-8/h5-6H,2-4,9H2,1H3/t5-,6-,8-/m1/s1. The van der Waals surface area contributed by atoms with E-state index in [0.29, 0.717) is 5.92 Å². The van der Waals surface area contributed by atoms with Crippen molar-refractivity contribution in [2.75, 3.05) is 7.11 Å². The summed E-state index contributed by atoms with van der Waals surface area (Å²) in [6, 6.07) is 0.229. The van der Waals surface area contributed by atoms with Gasteiger partial charge in [-0.2, -0.15) is 0 Å². The number of fused-ring (bicyclic) bond motifs is 1. The zero-order valence-electron chi connectivity index (χ0n) is 6.67. The van der Waals surface area contributed by atoms with Crippen molar-refractivity contribution in [3.8, 4) is 0 Å². The van der Waals surface area contributed by atoms with E-state index in [1.807, 2.05) is 0 Å². The number of methoxy groups -OCH3 is 1. The number of esters is 1. The Morgan fingerprint density at radius 3 is 2.82 bits per heavy atom. The number of ether oxygens (including phenoxy) is 1. The van der Waals surface area contributed by atoms with E-state index in [0.717, 1.165) is 19.3 Å². The lowest BCUT2D eigenvalue weighted by Crippen LogP contribution is -2.23. The first-order valence-electron chi connectivity index (χ1n) is 4.03. The molecular weight excluding hydrogens is 142 g/mol. The number of hydrogen-bond donors (Lipinski definition) is 1. The van der Waals surface area contributed by atoms with E-state index in [-0.39, 0.29) is 17.4 Å². The van der Waals surface area contributed by atoms with E-state index in [9.17, 15) is 4.79 Å². The Labute approximate surface area is 65.9 Å². The van der Waals surface area contributed by atoms with E-state index >= 15 is 0 Å². The molecule has 0 aromatic carbocycles. The lowest BCUT2D eigenvalue weighted by molar-refractivity contribution is -0.147. The first-order chi connectivity index (χ1) is 5.19. The summed E-state index contributed by atoms with van der Waals surface area (Å²) in [7, 11) is 1.45. The monoisotopic (exact) mass is 155 g/mol. The zero-order chi connectivity index (χ0) is 8.06. The van der Waals surface area contributed by atoms with Crippen LogP contribution in [-0.4, -0.2) is 19.1 Å². The van der Waals surface area contributed by atoms with Gasteiger partial charge in [0.25, 0.3) is 0 Å². The van der Waals surface area contributed by atoms with Gasteiger partial charge in [0, 0.05) is 6.04 Å². The van der Waals surface area contributed by atoms with Crippen molar-refractivity contribution >= 4 is 5.97 Å². The molecule has 2 fully saturated rings. The van der Waals surface area contributed by atoms with Gasteiger partial charge in [0.2, 0.25) is 0 Å². The Kier molecular flexibility index (Phi) is 1.27. The number of carbonyl (C=O) groups excluding carboxylic acids is 1. The van der Waals surface area contributed by atoms with Gasteiger partial charge in [-0.1, -0.05) is 0 Å². The summed E-state index contributed by atoms with van der Waals surface area (Å²) < 4.78 is 4.73. The molecule has 0 aromatic rings. The van der Waals surface area contributed by atoms with Gasteiger partial charge in [-0.05, 0) is 25.2 Å². The molecule has 0 unspecified atom stereocenters. The van der Waals surface area contributed by atoms with Crippen molar-refractivity contribution < 1.29 is 9.53 Å². The molecule has 2 N–H and O–H groups in total. The van der Waals surface area contributed by atoms with Gasteiger partial charge in [0.1, 0.15) is 0 Å². The van der Waals surface area contributed by atoms with Crippen LogP contribution in [0.3, 0.4) is 0 Å². The third-order valence-corrected chi connectivity index (χ3v) is 3.04. The molecule has 3 nitrogen and oxygen atoms in total. The van der Waals surface area contributed by atoms with E-state index in [2.05, 4.69) is 0 Å². The van der Waals surface area contributed by atoms with Gasteiger partial charge >= 0.3 is 5.97 Å². The molecular formula is C8H13NO2. The lowest BCUT2D eigenvalue weighted by Gasteiger charge is -2.10. The van der Waals surface area contributed by atoms with Crippen LogP contribution in [0.5, 0.6) is 0 Å². The van der Waals surface area contributed by atoms with Gasteiger partial charge in [-0.25, -0.2) is 0 Å². The van der Waals surface area contributed by atoms with E-state index in [4.69, 9.17) is 10.5 Å². The van der Waals surface area contributed by atoms with Crippen molar-refractivity contribution in [2.45, 2.75) is 25.3 Å². The Morgan fingerprint density at radius 2 is 2.36 bits per heavy atom. The number of carbonyl (C=O) groups is 1. The van der Waals surface area contributed by atoms with Crippen LogP contribution in [-0.2, 0) is 9.53 Å². The van der Waals surface area contributed by atoms with Gasteiger partial charge in [0.05, 0.1) is 12.5 Å². The summed E-state index contributed by atoms with van der Waals surface area (Å²) in [5.74, 6) is 0.486. The van der Waals surface area contributed by atoms with E-state index in [1.54, 1.807) is 0 Å². The fourth-order valence-electron chi connectivity index (χ4n) is 2.39. The highest BCUT2D eigenvalue weighted by atomic mass is 16.5. The molecule has 0 bridgehead atoms. The second-order valence-electron chi connectivity index (χ2n) is 3.75. The Hall–Kier alpha value is -0.570. The molecule has 2 aliphatic carbocycles. The molecule has 62 valence electrons. The fourth-order valence-corrected chi connectivity index (χ4v) is 2.39. The Morgan fingerprint density at radius 1 is 1.64 bits per heavy atom. The third-order valence-electron chi connectivity index (χ3n) is 3.04. The maximum atomic E-state index is 11.2. The van der Waals surface area contributed by atoms with Crippen molar-refractivity contribution in [2.24, 2.45) is 17.1 Å². The quantitative estimate of drug-likeness (QED) is 0.553. The molecule has 0 saturated heterocycles. The van der Waals surface area contributed by atoms with Crippen molar-refractivity contribution in [3.63, 3.8) is 0 Å². The molecule has 11 heavy (non-hydrogen) atoms. The van der Waals surface area contributed by atoms with Gasteiger partial charge in [0.15, 0.2) is 0 Å². The SMILES string of the molecule is COC(=O)[C@]12C[C@H](N)C[C@@H]1C2. The molecule has 2 saturated carbocycles. The maximum Gasteiger partial charge on any atom is 0.312 e. The molecule has 3 atom stereocenters. The molecule has 0 spiro atoms. The average Bonchev–Trinajstić information content (AvgIpc) is 2.55. The first kappa shape index (κ1) is 7.10. The normalized spacial score (nSPS) is 46.7. The predicted octanol–water partition coefficient (Wildman–Crippen LogP) is 0.287. The number of hydrogen-bond acceptors (Lipinski definition) is 3. The van der Waals surface area contributed by atoms with Crippen LogP contribution >= 0.6 is 0 Å². The molecule has 0 heterocycles. The summed E-state index contributed by atoms with van der Waals surface area (Å²) in [6.45, 7) is 0. The molecule has 2 aliphatic rings. The first-order valence-corrected chi connectivity index (χ1v) is 4.03. The molecule has 2 rings (SSSR count). The van der Waals surface area contributed by atoms with Crippen molar-refractivity contribution in [1.29, 1.82) is 0 Å². The Balaban J connectivity index is 2.10. The summed E-state index contributed by atoms with van der Waals surface area (Å²) in [6.07, 6.45) is 2.85. The molecule has 3 heteroatoms. The van der Waals surface area contributed by atoms with Crippen LogP contribution in [0.4, 0.5) is 0 Å². The van der Waals surface area contributed by atoms with Crippen LogP contribution in [0.15, 0.2) is 0 Å². The second kappa shape index (κ2) is 1.97. The van der Waals surface area contributed by atoms with Crippen LogP contribution in [0.2, 0.25) is 0 Å². The minimum absolute atomic E-state index is 0.0459. The largest absolute Gasteiger partial charge is 0.469 e.